The van der Waals surface area contributed by atoms with Crippen molar-refractivity contribution < 1.29 is 19.0 Å². The molecule has 194 valence electrons. The molecule has 1 aromatic heterocycles. The number of hydrogen-bond donors (Lipinski definition) is 0. The molecule has 5 rings (SSSR count). The maximum atomic E-state index is 12.5. The van der Waals surface area contributed by atoms with Crippen LogP contribution >= 0.6 is 15.9 Å². The Morgan fingerprint density at radius 3 is 2.76 bits per heavy atom. The highest BCUT2D eigenvalue weighted by atomic mass is 79.9. The highest BCUT2D eigenvalue weighted by Gasteiger charge is 2.42. The topological polar surface area (TPSA) is 70.0 Å². The molecule has 37 heavy (non-hydrogen) atoms. The van der Waals surface area contributed by atoms with Crippen LogP contribution in [0.5, 0.6) is 11.5 Å². The summed E-state index contributed by atoms with van der Waals surface area (Å²) in [6.45, 7) is 7.34. The van der Waals surface area contributed by atoms with Crippen molar-refractivity contribution in [1.82, 2.24) is 4.68 Å². The first-order chi connectivity index (χ1) is 17.8. The summed E-state index contributed by atoms with van der Waals surface area (Å²) in [5.74, 6) is 0.914. The second-order valence-electron chi connectivity index (χ2n) is 9.99. The van der Waals surface area contributed by atoms with Gasteiger partial charge in [-0.05, 0) is 50.8 Å². The number of nitrogens with zero attached hydrogens (tertiary/aromatic N) is 2. The fourth-order valence-corrected chi connectivity index (χ4v) is 6.05. The maximum Gasteiger partial charge on any atom is 0.343 e. The average Bonchev–Trinajstić information content (AvgIpc) is 3.50. The number of benzene rings is 2. The van der Waals surface area contributed by atoms with Gasteiger partial charge >= 0.3 is 5.97 Å². The van der Waals surface area contributed by atoms with Gasteiger partial charge in [-0.1, -0.05) is 46.3 Å². The SMILES string of the molecule is CCOC(=O)c1cn(N2C(c3cc(OCc4ccccc4)c4c(c3Br)CCO4)CCC2(C)C)ccc1=O. The number of aromatic nitrogens is 1. The highest BCUT2D eigenvalue weighted by molar-refractivity contribution is 9.10. The van der Waals surface area contributed by atoms with E-state index in [1.54, 1.807) is 19.3 Å². The van der Waals surface area contributed by atoms with Crippen LogP contribution in [0.4, 0.5) is 0 Å². The van der Waals surface area contributed by atoms with Gasteiger partial charge in [0, 0.05) is 34.9 Å². The van der Waals surface area contributed by atoms with Gasteiger partial charge in [0.1, 0.15) is 12.2 Å². The molecule has 3 heterocycles. The third-order valence-corrected chi connectivity index (χ3v) is 8.03. The van der Waals surface area contributed by atoms with Gasteiger partial charge < -0.3 is 19.2 Å². The Morgan fingerprint density at radius 2 is 2.00 bits per heavy atom. The van der Waals surface area contributed by atoms with Gasteiger partial charge in [-0.3, -0.25) is 9.47 Å². The third-order valence-electron chi connectivity index (χ3n) is 7.09. The summed E-state index contributed by atoms with van der Waals surface area (Å²) in [6, 6.07) is 13.6. The second kappa shape index (κ2) is 10.2. The number of hydrogen-bond acceptors (Lipinski definition) is 6. The van der Waals surface area contributed by atoms with Gasteiger partial charge in [0.05, 0.1) is 24.8 Å². The zero-order chi connectivity index (χ0) is 26.2. The normalized spacial score (nSPS) is 17.8. The van der Waals surface area contributed by atoms with Crippen LogP contribution in [0.25, 0.3) is 0 Å². The van der Waals surface area contributed by atoms with E-state index in [1.165, 1.54) is 6.07 Å². The van der Waals surface area contributed by atoms with E-state index in [0.29, 0.717) is 13.2 Å². The van der Waals surface area contributed by atoms with Crippen molar-refractivity contribution in [3.8, 4) is 11.5 Å². The smallest absolute Gasteiger partial charge is 0.343 e. The monoisotopic (exact) mass is 566 g/mol. The first kappa shape index (κ1) is 25.4. The van der Waals surface area contributed by atoms with Gasteiger partial charge in [0.15, 0.2) is 16.9 Å². The number of carbonyl (C=O) groups is 1. The Hall–Kier alpha value is -3.26. The van der Waals surface area contributed by atoms with Crippen LogP contribution < -0.4 is 19.9 Å². The van der Waals surface area contributed by atoms with E-state index in [1.807, 2.05) is 35.0 Å². The minimum Gasteiger partial charge on any atom is -0.489 e. The maximum absolute atomic E-state index is 12.5. The Kier molecular flexibility index (Phi) is 7.03. The Balaban J connectivity index is 1.55. The van der Waals surface area contributed by atoms with Gasteiger partial charge in [0.2, 0.25) is 0 Å². The van der Waals surface area contributed by atoms with Crippen molar-refractivity contribution in [2.45, 2.75) is 58.2 Å². The van der Waals surface area contributed by atoms with Crippen LogP contribution in [0.2, 0.25) is 0 Å². The predicted octanol–water partition coefficient (Wildman–Crippen LogP) is 5.55. The van der Waals surface area contributed by atoms with Gasteiger partial charge in [-0.25, -0.2) is 4.79 Å². The van der Waals surface area contributed by atoms with E-state index in [4.69, 9.17) is 14.2 Å². The number of rotatable bonds is 7. The molecule has 7 nitrogen and oxygen atoms in total. The van der Waals surface area contributed by atoms with Gasteiger partial charge in [-0.2, -0.15) is 0 Å². The van der Waals surface area contributed by atoms with Crippen molar-refractivity contribution >= 4 is 21.9 Å². The van der Waals surface area contributed by atoms with Crippen LogP contribution in [-0.4, -0.2) is 29.4 Å². The Morgan fingerprint density at radius 1 is 1.22 bits per heavy atom. The number of pyridine rings is 1. The van der Waals surface area contributed by atoms with Crippen molar-refractivity contribution in [3.63, 3.8) is 0 Å². The van der Waals surface area contributed by atoms with Crippen LogP contribution in [0.15, 0.2) is 64.1 Å². The van der Waals surface area contributed by atoms with Gasteiger partial charge in [0.25, 0.3) is 0 Å². The molecule has 8 heteroatoms. The van der Waals surface area contributed by atoms with Crippen molar-refractivity contribution in [1.29, 1.82) is 0 Å². The molecule has 0 aliphatic carbocycles. The van der Waals surface area contributed by atoms with E-state index in [9.17, 15) is 9.59 Å². The molecule has 1 atom stereocenters. The summed E-state index contributed by atoms with van der Waals surface area (Å²) in [5.41, 5.74) is 2.73. The lowest BCUT2D eigenvalue weighted by Gasteiger charge is -2.40. The number of carbonyl (C=O) groups excluding carboxylic acids is 1. The zero-order valence-electron chi connectivity index (χ0n) is 21.3. The molecule has 1 saturated heterocycles. The van der Waals surface area contributed by atoms with Crippen molar-refractivity contribution in [2.24, 2.45) is 0 Å². The molecule has 1 unspecified atom stereocenters. The first-order valence-corrected chi connectivity index (χ1v) is 13.4. The minimum absolute atomic E-state index is 0.0214. The molecule has 0 spiro atoms. The number of fused-ring (bicyclic) bond motifs is 1. The number of halogens is 1. The van der Waals surface area contributed by atoms with Crippen molar-refractivity contribution in [3.05, 3.63) is 91.8 Å². The first-order valence-electron chi connectivity index (χ1n) is 12.6. The molecule has 1 fully saturated rings. The van der Waals surface area contributed by atoms with E-state index in [2.05, 4.69) is 40.9 Å². The Labute approximate surface area is 225 Å². The predicted molar refractivity (Wildman–Crippen MR) is 145 cm³/mol. The molecule has 3 aromatic rings. The molecule has 0 saturated carbocycles. The molecule has 0 bridgehead atoms. The fraction of sp³-hybridized carbons (Fsp3) is 0.379. The van der Waals surface area contributed by atoms with E-state index >= 15 is 0 Å². The van der Waals surface area contributed by atoms with E-state index < -0.39 is 5.97 Å². The van der Waals surface area contributed by atoms with E-state index in [0.717, 1.165) is 51.9 Å². The molecule has 2 aliphatic rings. The molecule has 2 aromatic carbocycles. The molecule has 0 amide bonds. The molecule has 0 N–H and O–H groups in total. The van der Waals surface area contributed by atoms with Crippen LogP contribution in [-0.2, 0) is 17.8 Å². The third kappa shape index (κ3) is 4.87. The molecular formula is C29H31BrN2O5. The fourth-order valence-electron chi connectivity index (χ4n) is 5.29. The molecule has 2 aliphatic heterocycles. The summed E-state index contributed by atoms with van der Waals surface area (Å²) in [4.78, 5) is 24.9. The van der Waals surface area contributed by atoms with Gasteiger partial charge in [-0.15, -0.1) is 0 Å². The summed E-state index contributed by atoms with van der Waals surface area (Å²) in [5, 5.41) is 2.23. The second-order valence-corrected chi connectivity index (χ2v) is 10.8. The average molecular weight is 567 g/mol. The molecule has 0 radical (unpaired) electrons. The lowest BCUT2D eigenvalue weighted by molar-refractivity contribution is 0.0523. The highest BCUT2D eigenvalue weighted by Crippen LogP contribution is 2.49. The summed E-state index contributed by atoms with van der Waals surface area (Å²) < 4.78 is 20.3. The Bertz CT molecular complexity index is 1370. The zero-order valence-corrected chi connectivity index (χ0v) is 22.9. The lowest BCUT2D eigenvalue weighted by Crippen LogP contribution is -2.48. The summed E-state index contributed by atoms with van der Waals surface area (Å²) in [7, 11) is 0. The quantitative estimate of drug-likeness (QED) is 0.349. The standard InChI is InChI=1S/C29H31BrN2O5/c1-4-35-28(34)22-17-31(14-11-24(22)33)32-23(10-13-29(32,2)3)21-16-25(27-20(26(21)30)12-15-36-27)37-18-19-8-6-5-7-9-19/h5-9,11,14,16-17,23H,4,10,12-13,15,18H2,1-3H3. The van der Waals surface area contributed by atoms with E-state index in [-0.39, 0.29) is 29.2 Å². The van der Waals surface area contributed by atoms with Crippen molar-refractivity contribution in [2.75, 3.05) is 18.2 Å². The van der Waals surface area contributed by atoms with Crippen LogP contribution in [0, 0.1) is 0 Å². The number of ether oxygens (including phenoxy) is 3. The van der Waals surface area contributed by atoms with Crippen LogP contribution in [0.3, 0.4) is 0 Å². The summed E-state index contributed by atoms with van der Waals surface area (Å²) >= 11 is 3.88. The summed E-state index contributed by atoms with van der Waals surface area (Å²) in [6.07, 6.45) is 5.94. The number of esters is 1. The molecular weight excluding hydrogens is 536 g/mol. The van der Waals surface area contributed by atoms with Crippen LogP contribution in [0.1, 0.15) is 66.7 Å². The minimum atomic E-state index is -0.608. The largest absolute Gasteiger partial charge is 0.489 e. The lowest BCUT2D eigenvalue weighted by atomic mass is 9.99.